The second-order valence-electron chi connectivity index (χ2n) is 10.9. The first-order valence-corrected chi connectivity index (χ1v) is 12.4. The van der Waals surface area contributed by atoms with Crippen molar-refractivity contribution in [2.24, 2.45) is 35.0 Å². The molecule has 0 aliphatic heterocycles. The first-order valence-electron chi connectivity index (χ1n) is 11.6. The smallest absolute Gasteiger partial charge is 0.314 e. The highest BCUT2D eigenvalue weighted by Gasteiger charge is 2.52. The van der Waals surface area contributed by atoms with Crippen molar-refractivity contribution in [3.05, 3.63) is 45.0 Å². The molecule has 0 N–H and O–H groups in total. The van der Waals surface area contributed by atoms with E-state index in [0.29, 0.717) is 35.3 Å². The highest BCUT2D eigenvalue weighted by atomic mass is 32.2. The second-order valence-corrected chi connectivity index (χ2v) is 12.0. The van der Waals surface area contributed by atoms with Gasteiger partial charge in [0.05, 0.1) is 15.7 Å². The van der Waals surface area contributed by atoms with Crippen LogP contribution in [-0.4, -0.2) is 16.7 Å². The fourth-order valence-electron chi connectivity index (χ4n) is 6.70. The molecule has 32 heavy (non-hydrogen) atoms. The normalized spacial score (nSPS) is 32.8. The summed E-state index contributed by atoms with van der Waals surface area (Å²) < 4.78 is 6.06. The minimum Gasteiger partial charge on any atom is -0.429 e. The van der Waals surface area contributed by atoms with Crippen LogP contribution in [0.2, 0.25) is 0 Å². The van der Waals surface area contributed by atoms with Gasteiger partial charge < -0.3 is 4.74 Å². The Morgan fingerprint density at radius 1 is 1.03 bits per heavy atom. The summed E-state index contributed by atoms with van der Waals surface area (Å²) in [6.07, 6.45) is 6.82. The number of carbonyl (C=O) groups excluding carboxylic acids is 2. The number of hydrogen-bond acceptors (Lipinski definition) is 6. The van der Waals surface area contributed by atoms with Crippen LogP contribution in [0.3, 0.4) is 0 Å². The molecule has 5 aliphatic carbocycles. The highest BCUT2D eigenvalue weighted by molar-refractivity contribution is 8.04. The minimum absolute atomic E-state index is 0.00738. The minimum atomic E-state index is -0.444. The van der Waals surface area contributed by atoms with Crippen molar-refractivity contribution in [1.82, 2.24) is 0 Å². The van der Waals surface area contributed by atoms with Crippen LogP contribution in [-0.2, 0) is 14.3 Å². The lowest BCUT2D eigenvalue weighted by atomic mass is 9.52. The molecule has 5 aliphatic rings. The van der Waals surface area contributed by atoms with Gasteiger partial charge in [0.1, 0.15) is 5.76 Å². The molecule has 0 aromatic heterocycles. The molecule has 0 heterocycles. The zero-order valence-corrected chi connectivity index (χ0v) is 19.4. The third kappa shape index (κ3) is 4.12. The fourth-order valence-corrected chi connectivity index (χ4v) is 7.62. The Kier molecular flexibility index (Phi) is 5.43. The van der Waals surface area contributed by atoms with Gasteiger partial charge in [0.15, 0.2) is 5.78 Å². The van der Waals surface area contributed by atoms with Crippen molar-refractivity contribution in [3.8, 4) is 0 Å². The van der Waals surface area contributed by atoms with Gasteiger partial charge in [-0.1, -0.05) is 25.6 Å². The van der Waals surface area contributed by atoms with E-state index in [1.54, 1.807) is 12.1 Å². The Morgan fingerprint density at radius 2 is 1.62 bits per heavy atom. The number of nitrogens with zero attached hydrogens (tertiary/aromatic N) is 1. The summed E-state index contributed by atoms with van der Waals surface area (Å²) in [5.41, 5.74) is -0.260. The molecule has 6 nitrogen and oxygen atoms in total. The maximum atomic E-state index is 13.4. The summed E-state index contributed by atoms with van der Waals surface area (Å²) in [5, 5.41) is 10.9. The first kappa shape index (κ1) is 21.7. The SMILES string of the molecule is CC1(C)CC(=O)C(Sc2ccc([N+](=O)[O-])cc2)=C(OC(=O)C2C3CC4CC(C3)CC2C4)C1. The van der Waals surface area contributed by atoms with E-state index in [9.17, 15) is 19.7 Å². The molecule has 0 spiro atoms. The van der Waals surface area contributed by atoms with Crippen molar-refractivity contribution in [2.45, 2.75) is 63.7 Å². The van der Waals surface area contributed by atoms with Crippen LogP contribution in [0.15, 0.2) is 39.8 Å². The van der Waals surface area contributed by atoms with E-state index in [4.69, 9.17) is 4.74 Å². The topological polar surface area (TPSA) is 86.5 Å². The van der Waals surface area contributed by atoms with Crippen molar-refractivity contribution < 1.29 is 19.2 Å². The van der Waals surface area contributed by atoms with E-state index in [-0.39, 0.29) is 28.8 Å². The zero-order chi connectivity index (χ0) is 22.6. The van der Waals surface area contributed by atoms with Crippen molar-refractivity contribution >= 4 is 29.2 Å². The highest BCUT2D eigenvalue weighted by Crippen LogP contribution is 2.57. The predicted octanol–water partition coefficient (Wildman–Crippen LogP) is 5.90. The number of hydrogen-bond donors (Lipinski definition) is 0. The maximum absolute atomic E-state index is 13.4. The third-order valence-corrected chi connectivity index (χ3v) is 8.94. The molecule has 0 radical (unpaired) electrons. The van der Waals surface area contributed by atoms with Gasteiger partial charge in [-0.25, -0.2) is 0 Å². The van der Waals surface area contributed by atoms with Crippen LogP contribution in [0, 0.1) is 45.1 Å². The van der Waals surface area contributed by atoms with E-state index in [2.05, 4.69) is 0 Å². The standard InChI is InChI=1S/C25H29NO5S/c1-25(2)12-20(27)23(32-19-5-3-18(4-6-19)26(29)30)21(13-25)31-24(28)22-16-8-14-7-15(10-16)11-17(22)9-14/h3-6,14-17,22H,7-13H2,1-2H3. The van der Waals surface area contributed by atoms with Crippen molar-refractivity contribution in [2.75, 3.05) is 0 Å². The quantitative estimate of drug-likeness (QED) is 0.312. The van der Waals surface area contributed by atoms with Gasteiger partial charge in [0, 0.05) is 29.9 Å². The number of non-ortho nitro benzene ring substituents is 1. The van der Waals surface area contributed by atoms with E-state index in [1.165, 1.54) is 30.3 Å². The van der Waals surface area contributed by atoms with Crippen LogP contribution >= 0.6 is 11.8 Å². The number of ether oxygens (including phenoxy) is 1. The van der Waals surface area contributed by atoms with Gasteiger partial charge in [0.25, 0.3) is 5.69 Å². The summed E-state index contributed by atoms with van der Waals surface area (Å²) in [6, 6.07) is 6.14. The Bertz CT molecular complexity index is 968. The molecule has 0 saturated heterocycles. The van der Waals surface area contributed by atoms with Crippen LogP contribution < -0.4 is 0 Å². The number of nitro benzene ring substituents is 1. The number of esters is 1. The molecule has 1 aromatic carbocycles. The average molecular weight is 456 g/mol. The molecule has 4 fully saturated rings. The number of ketones is 1. The van der Waals surface area contributed by atoms with E-state index in [1.807, 2.05) is 13.8 Å². The molecule has 6 rings (SSSR count). The molecule has 170 valence electrons. The lowest BCUT2D eigenvalue weighted by molar-refractivity contribution is -0.384. The Morgan fingerprint density at radius 3 is 2.19 bits per heavy atom. The van der Waals surface area contributed by atoms with Crippen LogP contribution in [0.1, 0.15) is 58.8 Å². The number of Topliss-reactive ketones (excluding diaryl/α,β-unsaturated/α-hetero) is 1. The molecule has 4 bridgehead atoms. The largest absolute Gasteiger partial charge is 0.429 e. The molecule has 7 heteroatoms. The number of thioether (sulfide) groups is 1. The average Bonchev–Trinajstić information content (AvgIpc) is 2.69. The van der Waals surface area contributed by atoms with Crippen molar-refractivity contribution in [3.63, 3.8) is 0 Å². The van der Waals surface area contributed by atoms with Crippen LogP contribution in [0.5, 0.6) is 0 Å². The monoisotopic (exact) mass is 455 g/mol. The third-order valence-electron chi connectivity index (χ3n) is 7.77. The number of carbonyl (C=O) groups is 2. The number of benzene rings is 1. The summed E-state index contributed by atoms with van der Waals surface area (Å²) in [7, 11) is 0. The predicted molar refractivity (Wildman–Crippen MR) is 121 cm³/mol. The van der Waals surface area contributed by atoms with Crippen LogP contribution in [0.4, 0.5) is 5.69 Å². The Balaban J connectivity index is 1.39. The summed E-state index contributed by atoms with van der Waals surface area (Å²) in [5.74, 6) is 2.68. The van der Waals surface area contributed by atoms with E-state index in [0.717, 1.165) is 42.4 Å². The van der Waals surface area contributed by atoms with E-state index < -0.39 is 4.92 Å². The first-order chi connectivity index (χ1) is 15.2. The lowest BCUT2D eigenvalue weighted by Gasteiger charge is -2.53. The molecule has 1 aromatic rings. The van der Waals surface area contributed by atoms with Gasteiger partial charge in [-0.05, 0) is 73.3 Å². The molecule has 0 unspecified atom stereocenters. The summed E-state index contributed by atoms with van der Waals surface area (Å²) in [6.45, 7) is 4.05. The molecule has 0 amide bonds. The molecular formula is C25H29NO5S. The summed E-state index contributed by atoms with van der Waals surface area (Å²) in [4.78, 5) is 38.1. The Hall–Kier alpha value is -2.15. The molecule has 4 saturated carbocycles. The number of nitro groups is 1. The molecular weight excluding hydrogens is 426 g/mol. The maximum Gasteiger partial charge on any atom is 0.314 e. The van der Waals surface area contributed by atoms with E-state index >= 15 is 0 Å². The van der Waals surface area contributed by atoms with Gasteiger partial charge in [0.2, 0.25) is 0 Å². The van der Waals surface area contributed by atoms with Crippen molar-refractivity contribution in [1.29, 1.82) is 0 Å². The number of allylic oxidation sites excluding steroid dienone is 2. The Labute approximate surface area is 192 Å². The van der Waals surface area contributed by atoms with Gasteiger partial charge in [-0.2, -0.15) is 0 Å². The number of rotatable bonds is 5. The zero-order valence-electron chi connectivity index (χ0n) is 18.5. The summed E-state index contributed by atoms with van der Waals surface area (Å²) >= 11 is 1.25. The molecule has 0 atom stereocenters. The lowest BCUT2D eigenvalue weighted by Crippen LogP contribution is -2.48. The van der Waals surface area contributed by atoms with Gasteiger partial charge in [-0.3, -0.25) is 19.7 Å². The van der Waals surface area contributed by atoms with Crippen LogP contribution in [0.25, 0.3) is 0 Å². The fraction of sp³-hybridized carbons (Fsp3) is 0.600. The van der Waals surface area contributed by atoms with Gasteiger partial charge in [-0.15, -0.1) is 0 Å². The van der Waals surface area contributed by atoms with Gasteiger partial charge >= 0.3 is 5.97 Å². The second kappa shape index (κ2) is 8.01.